The molecule has 0 saturated carbocycles. The fourth-order valence-corrected chi connectivity index (χ4v) is 6.72. The van der Waals surface area contributed by atoms with E-state index in [1.165, 1.54) is 30.7 Å². The lowest BCUT2D eigenvalue weighted by Gasteiger charge is -2.34. The van der Waals surface area contributed by atoms with Crippen molar-refractivity contribution in [1.29, 1.82) is 0 Å². The first-order valence-corrected chi connectivity index (χ1v) is 19.9. The lowest BCUT2D eigenvalue weighted by molar-refractivity contribution is -0.153. The second-order valence-electron chi connectivity index (χ2n) is 16.4. The van der Waals surface area contributed by atoms with Crippen LogP contribution in [0.4, 0.5) is 0 Å². The van der Waals surface area contributed by atoms with Crippen molar-refractivity contribution in [2.24, 2.45) is 23.2 Å². The van der Waals surface area contributed by atoms with Crippen LogP contribution in [-0.4, -0.2) is 118 Å². The standard InChI is InChI=1S/C41H64N6O10/c1-10-26(6)32(44-37(52)33(25(4)5)46(9)30(48)19-18-27-16-12-11-13-17-27)36(51)42-28(23-31(49)47-20-14-15-21-47)35(50)45-34(41(7,8)40(56)57)38(53)43-29(39(54)55)22-24(2)3/h11-13,16-17,24-26,28-29,32-34H,10,14-15,18-23H2,1-9H3,(H,42,51)(H,43,53)(H,44,52)(H,45,50)(H,54,55)(H,56,57)/t26-,28-,29-,32-,33-,34+/m0/s1. The van der Waals surface area contributed by atoms with Crippen LogP contribution in [0.2, 0.25) is 0 Å². The van der Waals surface area contributed by atoms with Crippen LogP contribution < -0.4 is 21.3 Å². The zero-order valence-electron chi connectivity index (χ0n) is 34.9. The smallest absolute Gasteiger partial charge is 0.326 e. The van der Waals surface area contributed by atoms with Gasteiger partial charge in [-0.25, -0.2) is 4.79 Å². The van der Waals surface area contributed by atoms with Crippen LogP contribution in [0.25, 0.3) is 0 Å². The van der Waals surface area contributed by atoms with Crippen molar-refractivity contribution in [1.82, 2.24) is 31.1 Å². The van der Waals surface area contributed by atoms with E-state index in [1.807, 2.05) is 30.3 Å². The first-order chi connectivity index (χ1) is 26.6. The van der Waals surface area contributed by atoms with E-state index in [9.17, 15) is 48.6 Å². The Balaban J connectivity index is 2.43. The lowest BCUT2D eigenvalue weighted by atomic mass is 9.83. The van der Waals surface area contributed by atoms with E-state index in [2.05, 4.69) is 21.3 Å². The number of likely N-dealkylation sites (tertiary alicyclic amines) is 1. The molecule has 6 amide bonds. The molecule has 1 heterocycles. The molecule has 318 valence electrons. The third kappa shape index (κ3) is 14.1. The van der Waals surface area contributed by atoms with Crippen molar-refractivity contribution in [2.45, 2.75) is 131 Å². The Morgan fingerprint density at radius 1 is 0.789 bits per heavy atom. The second-order valence-corrected chi connectivity index (χ2v) is 16.4. The van der Waals surface area contributed by atoms with Gasteiger partial charge in [-0.2, -0.15) is 0 Å². The summed E-state index contributed by atoms with van der Waals surface area (Å²) in [6, 6.07) is 2.43. The SMILES string of the molecule is CC[C@H](C)[C@H](NC(=O)[C@H](C(C)C)N(C)C(=O)CCc1ccccc1)C(=O)N[C@@H](CC(=O)N1CCCC1)C(=O)N[C@H](C(=O)N[C@@H](CC(C)C)C(=O)O)C(C)(C)C(=O)O. The molecule has 0 aromatic heterocycles. The summed E-state index contributed by atoms with van der Waals surface area (Å²) in [5.74, 6) is -8.09. The number of carbonyl (C=O) groups excluding carboxylic acids is 6. The molecular weight excluding hydrogens is 736 g/mol. The summed E-state index contributed by atoms with van der Waals surface area (Å²) in [5.41, 5.74) is -1.01. The molecule has 16 heteroatoms. The van der Waals surface area contributed by atoms with E-state index in [4.69, 9.17) is 0 Å². The molecule has 1 aliphatic rings. The molecule has 16 nitrogen and oxygen atoms in total. The molecular formula is C41H64N6O10. The maximum Gasteiger partial charge on any atom is 0.326 e. The van der Waals surface area contributed by atoms with Gasteiger partial charge in [0, 0.05) is 26.6 Å². The van der Waals surface area contributed by atoms with Gasteiger partial charge in [-0.05, 0) is 62.8 Å². The molecule has 1 aromatic rings. The number of nitrogens with zero attached hydrogens (tertiary/aromatic N) is 2. The molecule has 0 spiro atoms. The molecule has 6 N–H and O–H groups in total. The number of likely N-dealkylation sites (N-methyl/N-ethyl adjacent to an activating group) is 1. The fourth-order valence-electron chi connectivity index (χ4n) is 6.72. The van der Waals surface area contributed by atoms with Gasteiger partial charge >= 0.3 is 11.9 Å². The summed E-state index contributed by atoms with van der Waals surface area (Å²) in [6.45, 7) is 13.8. The number of carbonyl (C=O) groups is 8. The molecule has 0 unspecified atom stereocenters. The van der Waals surface area contributed by atoms with Crippen molar-refractivity contribution < 1.29 is 48.6 Å². The minimum Gasteiger partial charge on any atom is -0.481 e. The van der Waals surface area contributed by atoms with Crippen LogP contribution in [0.1, 0.15) is 99.5 Å². The average Bonchev–Trinajstić information content (AvgIpc) is 3.69. The van der Waals surface area contributed by atoms with Gasteiger partial charge in [0.1, 0.15) is 30.2 Å². The highest BCUT2D eigenvalue weighted by molar-refractivity contribution is 5.99. The van der Waals surface area contributed by atoms with Gasteiger partial charge in [-0.15, -0.1) is 0 Å². The number of carboxylic acids is 2. The Labute approximate surface area is 336 Å². The fraction of sp³-hybridized carbons (Fsp3) is 0.659. The zero-order valence-corrected chi connectivity index (χ0v) is 34.9. The van der Waals surface area contributed by atoms with Gasteiger partial charge in [0.25, 0.3) is 0 Å². The maximum absolute atomic E-state index is 14.2. The van der Waals surface area contributed by atoms with Crippen molar-refractivity contribution in [3.63, 3.8) is 0 Å². The third-order valence-corrected chi connectivity index (χ3v) is 10.6. The molecule has 0 radical (unpaired) electrons. The number of benzene rings is 1. The number of hydrogen-bond donors (Lipinski definition) is 6. The summed E-state index contributed by atoms with van der Waals surface area (Å²) in [5, 5.41) is 29.9. The number of amides is 6. The van der Waals surface area contributed by atoms with Crippen LogP contribution in [-0.2, 0) is 44.8 Å². The van der Waals surface area contributed by atoms with Gasteiger partial charge in [0.15, 0.2) is 0 Å². The van der Waals surface area contributed by atoms with E-state index >= 15 is 0 Å². The van der Waals surface area contributed by atoms with Crippen molar-refractivity contribution in [3.05, 3.63) is 35.9 Å². The molecule has 0 aliphatic carbocycles. The molecule has 2 rings (SSSR count). The summed E-state index contributed by atoms with van der Waals surface area (Å²) in [7, 11) is 1.53. The molecule has 1 aliphatic heterocycles. The minimum absolute atomic E-state index is 0.0241. The number of aliphatic carboxylic acids is 2. The van der Waals surface area contributed by atoms with E-state index in [0.29, 0.717) is 25.9 Å². The van der Waals surface area contributed by atoms with Crippen molar-refractivity contribution in [3.8, 4) is 0 Å². The van der Waals surface area contributed by atoms with Crippen LogP contribution in [0.15, 0.2) is 30.3 Å². The molecule has 57 heavy (non-hydrogen) atoms. The highest BCUT2D eigenvalue weighted by atomic mass is 16.4. The zero-order chi connectivity index (χ0) is 43.2. The lowest BCUT2D eigenvalue weighted by Crippen LogP contribution is -2.63. The van der Waals surface area contributed by atoms with Crippen molar-refractivity contribution >= 4 is 47.4 Å². The largest absolute Gasteiger partial charge is 0.481 e. The summed E-state index contributed by atoms with van der Waals surface area (Å²) in [6.07, 6.45) is 2.01. The van der Waals surface area contributed by atoms with Crippen LogP contribution in [0.3, 0.4) is 0 Å². The third-order valence-electron chi connectivity index (χ3n) is 10.6. The van der Waals surface area contributed by atoms with E-state index < -0.39 is 89.4 Å². The number of nitrogens with one attached hydrogen (secondary N) is 4. The maximum atomic E-state index is 14.2. The molecule has 1 saturated heterocycles. The topological polar surface area (TPSA) is 232 Å². The van der Waals surface area contributed by atoms with Gasteiger partial charge in [-0.3, -0.25) is 33.6 Å². The van der Waals surface area contributed by atoms with Crippen LogP contribution >= 0.6 is 0 Å². The summed E-state index contributed by atoms with van der Waals surface area (Å²) >= 11 is 0. The molecule has 1 fully saturated rings. The Bertz CT molecular complexity index is 1580. The van der Waals surface area contributed by atoms with Crippen LogP contribution in [0, 0.1) is 23.2 Å². The van der Waals surface area contributed by atoms with Gasteiger partial charge < -0.3 is 41.3 Å². The first kappa shape index (κ1) is 48.1. The summed E-state index contributed by atoms with van der Waals surface area (Å²) in [4.78, 5) is 110. The highest BCUT2D eigenvalue weighted by Crippen LogP contribution is 2.23. The Hall–Kier alpha value is -5.02. The Morgan fingerprint density at radius 2 is 1.37 bits per heavy atom. The number of carboxylic acid groups (broad SMARTS) is 2. The normalized spacial score (nSPS) is 16.1. The van der Waals surface area contributed by atoms with Crippen LogP contribution in [0.5, 0.6) is 0 Å². The predicted molar refractivity (Wildman–Crippen MR) is 212 cm³/mol. The van der Waals surface area contributed by atoms with Gasteiger partial charge in [0.2, 0.25) is 35.4 Å². The van der Waals surface area contributed by atoms with Gasteiger partial charge in [-0.1, -0.05) is 78.3 Å². The number of hydrogen-bond acceptors (Lipinski definition) is 8. The second kappa shape index (κ2) is 22.1. The molecule has 0 bridgehead atoms. The van der Waals surface area contributed by atoms with E-state index in [0.717, 1.165) is 18.4 Å². The van der Waals surface area contributed by atoms with E-state index in [1.54, 1.807) is 41.5 Å². The molecule has 1 aromatic carbocycles. The van der Waals surface area contributed by atoms with Crippen molar-refractivity contribution in [2.75, 3.05) is 20.1 Å². The average molecular weight is 801 g/mol. The summed E-state index contributed by atoms with van der Waals surface area (Å²) < 4.78 is 0. The number of aryl methyl sites for hydroxylation is 1. The molecule has 6 atom stereocenters. The van der Waals surface area contributed by atoms with Gasteiger partial charge in [0.05, 0.1) is 11.8 Å². The minimum atomic E-state index is -1.97. The predicted octanol–water partition coefficient (Wildman–Crippen LogP) is 2.34. The monoisotopic (exact) mass is 800 g/mol. The first-order valence-electron chi connectivity index (χ1n) is 19.9. The Morgan fingerprint density at radius 3 is 1.88 bits per heavy atom. The van der Waals surface area contributed by atoms with E-state index in [-0.39, 0.29) is 30.6 Å². The highest BCUT2D eigenvalue weighted by Gasteiger charge is 2.45. The number of rotatable bonds is 22. The quantitative estimate of drug-likeness (QED) is 0.100. The Kier molecular flexibility index (Phi) is 18.6.